The molecule has 0 radical (unpaired) electrons. The first kappa shape index (κ1) is 25.7. The monoisotopic (exact) mass is 527 g/mol. The van der Waals surface area contributed by atoms with Gasteiger partial charge in [0.25, 0.3) is 5.56 Å². The van der Waals surface area contributed by atoms with Gasteiger partial charge in [0.05, 0.1) is 13.2 Å². The highest BCUT2D eigenvalue weighted by Crippen LogP contribution is 2.34. The van der Waals surface area contributed by atoms with Crippen molar-refractivity contribution < 1.29 is 4.74 Å². The Kier molecular flexibility index (Phi) is 7.18. The number of aromatic nitrogens is 5. The molecule has 1 saturated carbocycles. The van der Waals surface area contributed by atoms with E-state index in [4.69, 9.17) is 4.74 Å². The molecule has 6 rings (SSSR count). The molecule has 2 aromatic carbocycles. The van der Waals surface area contributed by atoms with Gasteiger partial charge in [0.1, 0.15) is 11.8 Å². The summed E-state index contributed by atoms with van der Waals surface area (Å²) in [4.78, 5) is 21.7. The summed E-state index contributed by atoms with van der Waals surface area (Å²) in [5.74, 6) is 1.69. The maximum Gasteiger partial charge on any atom is 0.253 e. The van der Waals surface area contributed by atoms with Crippen LogP contribution in [0.5, 0.6) is 5.75 Å². The van der Waals surface area contributed by atoms with Gasteiger partial charge in [-0.1, -0.05) is 37.1 Å². The van der Waals surface area contributed by atoms with Crippen molar-refractivity contribution in [2.75, 3.05) is 33.3 Å². The highest BCUT2D eigenvalue weighted by Gasteiger charge is 2.35. The zero-order valence-corrected chi connectivity index (χ0v) is 23.1. The number of hydrogen-bond acceptors (Lipinski definition) is 7. The number of H-pyrrole nitrogens is 1. The largest absolute Gasteiger partial charge is 0.496 e. The van der Waals surface area contributed by atoms with Gasteiger partial charge >= 0.3 is 0 Å². The second-order valence-corrected chi connectivity index (χ2v) is 11.0. The molecule has 1 atom stereocenters. The number of aryl methyl sites for hydroxylation is 2. The van der Waals surface area contributed by atoms with E-state index in [0.717, 1.165) is 79.2 Å². The predicted octanol–water partition coefficient (Wildman–Crippen LogP) is 4.16. The fraction of sp³-hybridized carbons (Fsp3) is 0.467. The molecule has 1 unspecified atom stereocenters. The summed E-state index contributed by atoms with van der Waals surface area (Å²) in [5.41, 5.74) is 4.98. The molecule has 2 fully saturated rings. The fourth-order valence-corrected chi connectivity index (χ4v) is 6.44. The van der Waals surface area contributed by atoms with Gasteiger partial charge in [0, 0.05) is 54.8 Å². The Morgan fingerprint density at radius 1 is 1.05 bits per heavy atom. The average molecular weight is 528 g/mol. The van der Waals surface area contributed by atoms with Gasteiger partial charge in [0.15, 0.2) is 5.82 Å². The van der Waals surface area contributed by atoms with E-state index in [1.807, 2.05) is 22.9 Å². The lowest BCUT2D eigenvalue weighted by molar-refractivity contribution is 0.0983. The number of fused-ring (bicyclic) bond motifs is 1. The number of rotatable bonds is 7. The number of tetrazole rings is 1. The second-order valence-electron chi connectivity index (χ2n) is 11.0. The number of nitrogens with zero attached hydrogens (tertiary/aromatic N) is 6. The van der Waals surface area contributed by atoms with Gasteiger partial charge in [-0.2, -0.15) is 0 Å². The molecule has 2 aliphatic rings. The van der Waals surface area contributed by atoms with Crippen LogP contribution in [-0.4, -0.2) is 68.3 Å². The molecule has 9 nitrogen and oxygen atoms in total. The van der Waals surface area contributed by atoms with Crippen LogP contribution in [0.3, 0.4) is 0 Å². The minimum atomic E-state index is -0.317. The van der Waals surface area contributed by atoms with Crippen LogP contribution in [0.2, 0.25) is 0 Å². The van der Waals surface area contributed by atoms with Crippen LogP contribution in [0.4, 0.5) is 0 Å². The molecule has 1 aliphatic heterocycles. The number of para-hydroxylation sites is 1. The van der Waals surface area contributed by atoms with E-state index in [9.17, 15) is 4.79 Å². The van der Waals surface area contributed by atoms with Crippen molar-refractivity contribution in [1.29, 1.82) is 0 Å². The number of piperazine rings is 1. The molecule has 3 heterocycles. The molecule has 4 aromatic rings. The van der Waals surface area contributed by atoms with Crippen LogP contribution in [0.1, 0.15) is 65.8 Å². The minimum absolute atomic E-state index is 0.0741. The summed E-state index contributed by atoms with van der Waals surface area (Å²) in [6.07, 6.45) is 4.52. The average Bonchev–Trinajstić information content (AvgIpc) is 3.63. The van der Waals surface area contributed by atoms with Crippen LogP contribution < -0.4 is 10.3 Å². The Bertz CT molecular complexity index is 1510. The third-order valence-electron chi connectivity index (χ3n) is 8.43. The van der Waals surface area contributed by atoms with E-state index in [2.05, 4.69) is 68.4 Å². The molecule has 1 aliphatic carbocycles. The van der Waals surface area contributed by atoms with E-state index in [1.165, 1.54) is 18.4 Å². The lowest BCUT2D eigenvalue weighted by Gasteiger charge is -2.39. The Hall–Kier alpha value is -3.56. The van der Waals surface area contributed by atoms with Crippen LogP contribution in [0, 0.1) is 13.8 Å². The van der Waals surface area contributed by atoms with Gasteiger partial charge in [-0.3, -0.25) is 14.6 Å². The smallest absolute Gasteiger partial charge is 0.253 e. The van der Waals surface area contributed by atoms with E-state index in [0.29, 0.717) is 5.56 Å². The third-order valence-corrected chi connectivity index (χ3v) is 8.43. The van der Waals surface area contributed by atoms with Gasteiger partial charge in [0.2, 0.25) is 0 Å². The normalized spacial score (nSPS) is 18.1. The zero-order chi connectivity index (χ0) is 26.9. The minimum Gasteiger partial charge on any atom is -0.496 e. The van der Waals surface area contributed by atoms with Gasteiger partial charge in [-0.15, -0.1) is 5.10 Å². The lowest BCUT2D eigenvalue weighted by Crippen LogP contribution is -2.48. The van der Waals surface area contributed by atoms with Crippen molar-refractivity contribution in [3.63, 3.8) is 0 Å². The first-order valence-corrected chi connectivity index (χ1v) is 14.0. The summed E-state index contributed by atoms with van der Waals surface area (Å²) in [6.45, 7) is 8.36. The van der Waals surface area contributed by atoms with Crippen LogP contribution in [0.15, 0.2) is 47.3 Å². The topological polar surface area (TPSA) is 92.2 Å². The molecule has 39 heavy (non-hydrogen) atoms. The summed E-state index contributed by atoms with van der Waals surface area (Å²) in [7, 11) is 1.72. The number of nitrogens with one attached hydrogen (secondary N) is 1. The third kappa shape index (κ3) is 5.08. The molecule has 0 amide bonds. The number of benzene rings is 2. The maximum absolute atomic E-state index is 13.7. The summed E-state index contributed by atoms with van der Waals surface area (Å²) >= 11 is 0. The van der Waals surface area contributed by atoms with Crippen LogP contribution in [0.25, 0.3) is 10.9 Å². The zero-order valence-electron chi connectivity index (χ0n) is 23.1. The van der Waals surface area contributed by atoms with Crippen molar-refractivity contribution in [2.24, 2.45) is 0 Å². The first-order valence-electron chi connectivity index (χ1n) is 14.0. The van der Waals surface area contributed by atoms with Crippen LogP contribution in [-0.2, 0) is 6.54 Å². The van der Waals surface area contributed by atoms with Gasteiger partial charge in [-0.05, 0) is 66.4 Å². The van der Waals surface area contributed by atoms with Crippen molar-refractivity contribution in [2.45, 2.75) is 58.2 Å². The summed E-state index contributed by atoms with van der Waals surface area (Å²) in [5, 5.41) is 14.2. The predicted molar refractivity (Wildman–Crippen MR) is 151 cm³/mol. The molecule has 2 aromatic heterocycles. The van der Waals surface area contributed by atoms with E-state index in [-0.39, 0.29) is 17.6 Å². The number of hydrogen-bond donors (Lipinski definition) is 1. The lowest BCUT2D eigenvalue weighted by atomic mass is 9.99. The molecular formula is C30H37N7O2. The van der Waals surface area contributed by atoms with Crippen molar-refractivity contribution in [3.05, 3.63) is 80.9 Å². The first-order chi connectivity index (χ1) is 19.0. The number of aromatic amines is 1. The van der Waals surface area contributed by atoms with E-state index < -0.39 is 0 Å². The molecular weight excluding hydrogens is 490 g/mol. The number of pyridine rings is 1. The van der Waals surface area contributed by atoms with Gasteiger partial charge < -0.3 is 9.72 Å². The van der Waals surface area contributed by atoms with Crippen molar-refractivity contribution in [1.82, 2.24) is 35.0 Å². The quantitative estimate of drug-likeness (QED) is 0.386. The highest BCUT2D eigenvalue weighted by molar-refractivity contribution is 5.83. The number of ether oxygens (including phenoxy) is 1. The number of methoxy groups -OCH3 is 1. The Morgan fingerprint density at radius 2 is 1.82 bits per heavy atom. The van der Waals surface area contributed by atoms with Crippen molar-refractivity contribution in [3.8, 4) is 5.75 Å². The second kappa shape index (κ2) is 10.9. The molecule has 0 spiro atoms. The SMILES string of the molecule is COc1ccccc1CN1CCN(C(c2cc3c(C)cc(C)cc3[nH]c2=O)c2nnnn2C2CCCC2)CC1. The molecule has 0 bridgehead atoms. The fourth-order valence-electron chi connectivity index (χ4n) is 6.44. The molecule has 204 valence electrons. The Morgan fingerprint density at radius 3 is 2.59 bits per heavy atom. The molecule has 1 N–H and O–H groups in total. The summed E-state index contributed by atoms with van der Waals surface area (Å²) in [6, 6.07) is 14.5. The van der Waals surface area contributed by atoms with E-state index >= 15 is 0 Å². The maximum atomic E-state index is 13.7. The Balaban J connectivity index is 1.35. The van der Waals surface area contributed by atoms with Crippen molar-refractivity contribution >= 4 is 10.9 Å². The molecule has 9 heteroatoms. The molecule has 1 saturated heterocycles. The van der Waals surface area contributed by atoms with Crippen LogP contribution >= 0.6 is 0 Å². The highest BCUT2D eigenvalue weighted by atomic mass is 16.5. The van der Waals surface area contributed by atoms with Gasteiger partial charge in [-0.25, -0.2) is 4.68 Å². The standard InChI is InChI=1S/C30H37N7O2/c1-20-16-21(2)24-18-25(30(38)31-26(24)17-20)28(29-32-33-34-37(29)23-9-5-6-10-23)36-14-12-35(13-15-36)19-22-8-4-7-11-27(22)39-3/h4,7-8,11,16-18,23,28H,5-6,9-10,12-15,19H2,1-3H3,(H,31,38). The Labute approximate surface area is 228 Å². The summed E-state index contributed by atoms with van der Waals surface area (Å²) < 4.78 is 7.58. The van der Waals surface area contributed by atoms with E-state index in [1.54, 1.807) is 7.11 Å².